The first-order chi connectivity index (χ1) is 8.40. The molecule has 0 spiro atoms. The first-order valence-corrected chi connectivity index (χ1v) is 6.46. The number of rotatable bonds is 3. The SMILES string of the molecule is CCCC[c-]1ccc2ccc3ccccc3c21.[CH3-].[CH3-].[Hf]. The minimum atomic E-state index is 0. The molecule has 0 aliphatic heterocycles. The van der Waals surface area contributed by atoms with E-state index in [2.05, 4.69) is 55.5 Å². The molecule has 0 aliphatic rings. The zero-order valence-corrected chi connectivity index (χ0v) is 16.3. The molecule has 0 fully saturated rings. The molecule has 0 unspecified atom stereocenters. The summed E-state index contributed by atoms with van der Waals surface area (Å²) in [6.07, 6.45) is 3.74. The Kier molecular flexibility index (Phi) is 8.12. The van der Waals surface area contributed by atoms with Crippen LogP contribution in [0.2, 0.25) is 0 Å². The van der Waals surface area contributed by atoms with Gasteiger partial charge < -0.3 is 14.9 Å². The van der Waals surface area contributed by atoms with Gasteiger partial charge in [-0.25, -0.2) is 0 Å². The summed E-state index contributed by atoms with van der Waals surface area (Å²) in [6.45, 7) is 2.25. The van der Waals surface area contributed by atoms with Gasteiger partial charge >= 0.3 is 0 Å². The van der Waals surface area contributed by atoms with Crippen molar-refractivity contribution >= 4 is 21.5 Å². The van der Waals surface area contributed by atoms with Crippen LogP contribution in [-0.2, 0) is 32.3 Å². The molecule has 20 heavy (non-hydrogen) atoms. The molecule has 0 heterocycles. The summed E-state index contributed by atoms with van der Waals surface area (Å²) in [7, 11) is 0. The number of benzene rings is 2. The molecule has 0 bridgehead atoms. The van der Waals surface area contributed by atoms with Crippen LogP contribution >= 0.6 is 0 Å². The number of unbranched alkanes of at least 4 members (excludes halogenated alkanes) is 1. The normalized spacial score (nSPS) is 9.65. The van der Waals surface area contributed by atoms with E-state index >= 15 is 0 Å². The Morgan fingerprint density at radius 2 is 1.60 bits per heavy atom. The van der Waals surface area contributed by atoms with Crippen molar-refractivity contribution in [2.45, 2.75) is 26.2 Å². The molecule has 0 saturated carbocycles. The van der Waals surface area contributed by atoms with Gasteiger partial charge in [0.2, 0.25) is 0 Å². The molecule has 0 nitrogen and oxygen atoms in total. The van der Waals surface area contributed by atoms with Crippen molar-refractivity contribution in [1.29, 1.82) is 0 Å². The van der Waals surface area contributed by atoms with Crippen LogP contribution in [-0.4, -0.2) is 0 Å². The van der Waals surface area contributed by atoms with Crippen LogP contribution in [0.25, 0.3) is 21.5 Å². The standard InChI is InChI=1S/C17H17.2CH3.Hf/c1-2-3-6-14-11-12-15-10-9-13-7-4-5-8-16(13)17(14)15;;;/h4-5,7-12H,2-3,6H2,1H3;2*1H3;/q3*-1;. The fraction of sp³-hybridized carbons (Fsp3) is 0.211. The largest absolute Gasteiger partial charge is 0.358 e. The van der Waals surface area contributed by atoms with E-state index in [-0.39, 0.29) is 40.7 Å². The van der Waals surface area contributed by atoms with Crippen molar-refractivity contribution in [2.75, 3.05) is 0 Å². The minimum absolute atomic E-state index is 0. The van der Waals surface area contributed by atoms with Gasteiger partial charge in [0.05, 0.1) is 0 Å². The van der Waals surface area contributed by atoms with Gasteiger partial charge in [-0.1, -0.05) is 67.3 Å². The van der Waals surface area contributed by atoms with Crippen molar-refractivity contribution in [2.24, 2.45) is 0 Å². The van der Waals surface area contributed by atoms with Crippen LogP contribution in [0.4, 0.5) is 0 Å². The molecule has 0 N–H and O–H groups in total. The first-order valence-electron chi connectivity index (χ1n) is 6.46. The van der Waals surface area contributed by atoms with E-state index in [1.54, 1.807) is 0 Å². The number of hydrogen-bond acceptors (Lipinski definition) is 0. The summed E-state index contributed by atoms with van der Waals surface area (Å²) >= 11 is 0. The number of hydrogen-bond donors (Lipinski definition) is 0. The van der Waals surface area contributed by atoms with Gasteiger partial charge in [0.1, 0.15) is 0 Å². The van der Waals surface area contributed by atoms with Crippen LogP contribution in [0, 0.1) is 14.9 Å². The van der Waals surface area contributed by atoms with Gasteiger partial charge in [0, 0.05) is 25.8 Å². The smallest absolute Gasteiger partial charge is 0 e. The zero-order valence-electron chi connectivity index (χ0n) is 12.7. The molecule has 3 rings (SSSR count). The van der Waals surface area contributed by atoms with E-state index in [9.17, 15) is 0 Å². The van der Waals surface area contributed by atoms with Gasteiger partial charge in [-0.05, 0) is 0 Å². The predicted molar refractivity (Wildman–Crippen MR) is 88.5 cm³/mol. The quantitative estimate of drug-likeness (QED) is 0.356. The molecule has 3 aromatic carbocycles. The first kappa shape index (κ1) is 19.2. The fourth-order valence-corrected chi connectivity index (χ4v) is 2.63. The maximum atomic E-state index is 2.30. The van der Waals surface area contributed by atoms with E-state index in [0.717, 1.165) is 0 Å². The third-order valence-corrected chi connectivity index (χ3v) is 3.55. The van der Waals surface area contributed by atoms with Gasteiger partial charge in [-0.2, -0.15) is 6.07 Å². The van der Waals surface area contributed by atoms with Crippen molar-refractivity contribution < 1.29 is 25.8 Å². The van der Waals surface area contributed by atoms with Crippen molar-refractivity contribution in [3.63, 3.8) is 0 Å². The molecule has 0 amide bonds. The molecule has 0 atom stereocenters. The van der Waals surface area contributed by atoms with Crippen molar-refractivity contribution in [1.82, 2.24) is 0 Å². The second kappa shape index (κ2) is 8.46. The van der Waals surface area contributed by atoms with Crippen LogP contribution in [0.1, 0.15) is 25.3 Å². The molecule has 0 aromatic heterocycles. The maximum Gasteiger partial charge on any atom is 0 e. The van der Waals surface area contributed by atoms with E-state index in [1.807, 2.05) is 0 Å². The zero-order chi connectivity index (χ0) is 11.7. The van der Waals surface area contributed by atoms with E-state index in [4.69, 9.17) is 0 Å². The molecular formula is C19H23Hf-3. The number of fused-ring (bicyclic) bond motifs is 3. The Bertz CT molecular complexity index is 649. The summed E-state index contributed by atoms with van der Waals surface area (Å²) in [5.74, 6) is 0. The van der Waals surface area contributed by atoms with E-state index < -0.39 is 0 Å². The average Bonchev–Trinajstić information content (AvgIpc) is 2.80. The second-order valence-corrected chi connectivity index (χ2v) is 4.71. The molecule has 106 valence electrons. The molecule has 0 radical (unpaired) electrons. The Morgan fingerprint density at radius 3 is 2.35 bits per heavy atom. The molecule has 0 saturated heterocycles. The molecule has 1 heteroatoms. The van der Waals surface area contributed by atoms with E-state index in [1.165, 1.54) is 46.4 Å². The molecule has 3 aromatic rings. The van der Waals surface area contributed by atoms with Gasteiger partial charge in [-0.3, -0.25) is 0 Å². The van der Waals surface area contributed by atoms with Crippen LogP contribution in [0.15, 0.2) is 48.5 Å². The van der Waals surface area contributed by atoms with E-state index in [0.29, 0.717) is 0 Å². The Labute approximate surface area is 142 Å². The molecular weight excluding hydrogens is 407 g/mol. The van der Waals surface area contributed by atoms with Crippen LogP contribution in [0.5, 0.6) is 0 Å². The van der Waals surface area contributed by atoms with Crippen LogP contribution in [0.3, 0.4) is 0 Å². The minimum Gasteiger partial charge on any atom is -0.358 e. The second-order valence-electron chi connectivity index (χ2n) is 4.71. The average molecular weight is 430 g/mol. The van der Waals surface area contributed by atoms with Crippen molar-refractivity contribution in [3.05, 3.63) is 68.9 Å². The Hall–Kier alpha value is -0.820. The third-order valence-electron chi connectivity index (χ3n) is 3.55. The van der Waals surface area contributed by atoms with Gasteiger partial charge in [0.25, 0.3) is 0 Å². The summed E-state index contributed by atoms with van der Waals surface area (Å²) in [5.41, 5.74) is 1.51. The number of aryl methyl sites for hydroxylation is 1. The molecule has 0 aliphatic carbocycles. The van der Waals surface area contributed by atoms with Gasteiger partial charge in [-0.15, -0.1) is 28.5 Å². The summed E-state index contributed by atoms with van der Waals surface area (Å²) < 4.78 is 0. The Balaban J connectivity index is 0.00000120. The monoisotopic (exact) mass is 431 g/mol. The summed E-state index contributed by atoms with van der Waals surface area (Å²) in [4.78, 5) is 0. The maximum absolute atomic E-state index is 2.30. The Morgan fingerprint density at radius 1 is 0.900 bits per heavy atom. The van der Waals surface area contributed by atoms with Gasteiger partial charge in [0.15, 0.2) is 0 Å². The summed E-state index contributed by atoms with van der Waals surface area (Å²) in [5, 5.41) is 5.61. The van der Waals surface area contributed by atoms with Crippen LogP contribution < -0.4 is 0 Å². The third kappa shape index (κ3) is 3.44. The summed E-state index contributed by atoms with van der Waals surface area (Å²) in [6, 6.07) is 17.7. The topological polar surface area (TPSA) is 0 Å². The van der Waals surface area contributed by atoms with Crippen molar-refractivity contribution in [3.8, 4) is 0 Å². The fourth-order valence-electron chi connectivity index (χ4n) is 2.63. The predicted octanol–water partition coefficient (Wildman–Crippen LogP) is 5.95.